The molecule has 1 fully saturated rings. The fourth-order valence-electron chi connectivity index (χ4n) is 2.61. The van der Waals surface area contributed by atoms with Crippen molar-refractivity contribution < 1.29 is 4.84 Å². The third kappa shape index (κ3) is 2.18. The fourth-order valence-corrected chi connectivity index (χ4v) is 3.54. The zero-order valence-corrected chi connectivity index (χ0v) is 11.7. The van der Waals surface area contributed by atoms with E-state index in [1.807, 2.05) is 0 Å². The second kappa shape index (κ2) is 4.99. The Morgan fingerprint density at radius 3 is 3.00 bits per heavy atom. The van der Waals surface area contributed by atoms with Gasteiger partial charge in [-0.05, 0) is 26.7 Å². The van der Waals surface area contributed by atoms with Crippen LogP contribution in [0.4, 0.5) is 0 Å². The van der Waals surface area contributed by atoms with Crippen molar-refractivity contribution in [3.8, 4) is 0 Å². The zero-order valence-electron chi connectivity index (χ0n) is 10.9. The van der Waals surface area contributed by atoms with E-state index in [4.69, 9.17) is 4.84 Å². The number of hydroxylamine groups is 1. The van der Waals surface area contributed by atoms with E-state index in [-0.39, 0.29) is 0 Å². The van der Waals surface area contributed by atoms with Crippen LogP contribution in [0.2, 0.25) is 0 Å². The van der Waals surface area contributed by atoms with E-state index >= 15 is 0 Å². The van der Waals surface area contributed by atoms with Gasteiger partial charge >= 0.3 is 0 Å². The number of rotatable bonds is 4. The van der Waals surface area contributed by atoms with Crippen LogP contribution in [0.5, 0.6) is 0 Å². The van der Waals surface area contributed by atoms with Crippen LogP contribution in [-0.4, -0.2) is 15.5 Å². The van der Waals surface area contributed by atoms with Gasteiger partial charge in [0.25, 0.3) is 0 Å². The van der Waals surface area contributed by atoms with E-state index in [0.717, 1.165) is 17.2 Å². The molecule has 18 heavy (non-hydrogen) atoms. The van der Waals surface area contributed by atoms with Crippen LogP contribution in [0.15, 0.2) is 5.38 Å². The van der Waals surface area contributed by atoms with Crippen molar-refractivity contribution in [2.75, 3.05) is 0 Å². The number of nitrogens with one attached hydrogen (secondary N) is 1. The minimum absolute atomic E-state index is 0.400. The predicted octanol–water partition coefficient (Wildman–Crippen LogP) is 2.98. The molecule has 0 spiro atoms. The number of aryl methyl sites for hydroxylation is 2. The minimum Gasteiger partial charge on any atom is -0.298 e. The fraction of sp³-hybridized carbons (Fsp3) is 0.615. The lowest BCUT2D eigenvalue weighted by atomic mass is 10.3. The van der Waals surface area contributed by atoms with Crippen LogP contribution in [0.25, 0.3) is 4.96 Å². The number of thiazole rings is 1. The molecule has 0 bridgehead atoms. The molecule has 0 aromatic carbocycles. The van der Waals surface area contributed by atoms with Gasteiger partial charge in [-0.15, -0.1) is 11.3 Å². The number of aromatic nitrogens is 2. The lowest BCUT2D eigenvalue weighted by Crippen LogP contribution is -2.22. The van der Waals surface area contributed by atoms with Crippen molar-refractivity contribution in [2.45, 2.75) is 52.2 Å². The molecule has 0 amide bonds. The average molecular weight is 265 g/mol. The second-order valence-corrected chi connectivity index (χ2v) is 5.82. The van der Waals surface area contributed by atoms with Gasteiger partial charge in [-0.2, -0.15) is 5.48 Å². The highest BCUT2D eigenvalue weighted by molar-refractivity contribution is 7.15. The van der Waals surface area contributed by atoms with Crippen LogP contribution in [-0.2, 0) is 11.4 Å². The first-order chi connectivity index (χ1) is 8.75. The summed E-state index contributed by atoms with van der Waals surface area (Å²) in [6.45, 7) is 4.90. The normalized spacial score (nSPS) is 17.0. The maximum atomic E-state index is 5.71. The van der Waals surface area contributed by atoms with Gasteiger partial charge in [0.15, 0.2) is 4.96 Å². The highest BCUT2D eigenvalue weighted by Crippen LogP contribution is 2.22. The molecule has 3 rings (SSSR count). The molecule has 5 heteroatoms. The number of hydrogen-bond acceptors (Lipinski definition) is 4. The van der Waals surface area contributed by atoms with E-state index in [2.05, 4.69) is 34.1 Å². The molecule has 0 saturated heterocycles. The van der Waals surface area contributed by atoms with Gasteiger partial charge in [0.1, 0.15) is 0 Å². The lowest BCUT2D eigenvalue weighted by Gasteiger charge is -2.11. The van der Waals surface area contributed by atoms with E-state index in [9.17, 15) is 0 Å². The van der Waals surface area contributed by atoms with Gasteiger partial charge in [-0.3, -0.25) is 9.24 Å². The molecule has 2 aromatic rings. The van der Waals surface area contributed by atoms with Crippen molar-refractivity contribution in [1.82, 2.24) is 14.9 Å². The van der Waals surface area contributed by atoms with Crippen molar-refractivity contribution in [1.29, 1.82) is 0 Å². The molecular weight excluding hydrogens is 246 g/mol. The molecule has 1 N–H and O–H groups in total. The average Bonchev–Trinajstić information content (AvgIpc) is 3.02. The minimum atomic E-state index is 0.400. The number of hydrogen-bond donors (Lipinski definition) is 1. The van der Waals surface area contributed by atoms with Crippen LogP contribution in [0.1, 0.15) is 42.8 Å². The van der Waals surface area contributed by atoms with E-state index in [1.165, 1.54) is 37.1 Å². The molecule has 2 aromatic heterocycles. The Kier molecular flexibility index (Phi) is 3.37. The van der Waals surface area contributed by atoms with Crippen molar-refractivity contribution in [3.63, 3.8) is 0 Å². The van der Waals surface area contributed by atoms with Gasteiger partial charge in [0.05, 0.1) is 24.0 Å². The summed E-state index contributed by atoms with van der Waals surface area (Å²) in [7, 11) is 0. The van der Waals surface area contributed by atoms with Crippen LogP contribution in [0.3, 0.4) is 0 Å². The molecule has 0 radical (unpaired) electrons. The summed E-state index contributed by atoms with van der Waals surface area (Å²) in [6.07, 6.45) is 5.37. The van der Waals surface area contributed by atoms with Crippen molar-refractivity contribution in [3.05, 3.63) is 22.5 Å². The summed E-state index contributed by atoms with van der Waals surface area (Å²) in [4.78, 5) is 11.4. The third-order valence-corrected chi connectivity index (χ3v) is 4.57. The highest BCUT2D eigenvalue weighted by atomic mass is 32.1. The third-order valence-electron chi connectivity index (χ3n) is 3.62. The van der Waals surface area contributed by atoms with E-state index in [1.54, 1.807) is 11.3 Å². The molecule has 98 valence electrons. The second-order valence-electron chi connectivity index (χ2n) is 4.98. The summed E-state index contributed by atoms with van der Waals surface area (Å²) in [5.41, 5.74) is 6.67. The first kappa shape index (κ1) is 12.1. The molecule has 0 atom stereocenters. The van der Waals surface area contributed by atoms with Crippen molar-refractivity contribution >= 4 is 16.3 Å². The summed E-state index contributed by atoms with van der Waals surface area (Å²) in [6, 6.07) is 0. The Morgan fingerprint density at radius 1 is 1.44 bits per heavy atom. The predicted molar refractivity (Wildman–Crippen MR) is 72.7 cm³/mol. The molecule has 4 nitrogen and oxygen atoms in total. The summed E-state index contributed by atoms with van der Waals surface area (Å²) in [5, 5.41) is 2.14. The SMILES string of the molecule is Cc1nc2scc(C)n2c1CNOC1CCCC1. The van der Waals surface area contributed by atoms with Crippen molar-refractivity contribution in [2.24, 2.45) is 0 Å². The first-order valence-corrected chi connectivity index (χ1v) is 7.44. The quantitative estimate of drug-likeness (QED) is 0.864. The largest absolute Gasteiger partial charge is 0.298 e. The Hall–Kier alpha value is -0.910. The Bertz CT molecular complexity index is 540. The first-order valence-electron chi connectivity index (χ1n) is 6.56. The Labute approximate surface area is 111 Å². The molecule has 0 aliphatic heterocycles. The molecule has 1 aliphatic rings. The highest BCUT2D eigenvalue weighted by Gasteiger charge is 2.16. The molecular formula is C13H19N3OS. The smallest absolute Gasteiger partial charge is 0.194 e. The Morgan fingerprint density at radius 2 is 2.22 bits per heavy atom. The lowest BCUT2D eigenvalue weighted by molar-refractivity contribution is -0.0250. The maximum Gasteiger partial charge on any atom is 0.194 e. The maximum absolute atomic E-state index is 5.71. The number of fused-ring (bicyclic) bond motifs is 1. The Balaban J connectivity index is 1.69. The summed E-state index contributed by atoms with van der Waals surface area (Å²) < 4.78 is 2.21. The number of nitrogens with zero attached hydrogens (tertiary/aromatic N) is 2. The summed E-state index contributed by atoms with van der Waals surface area (Å²) in [5.74, 6) is 0. The molecule has 0 unspecified atom stereocenters. The van der Waals surface area contributed by atoms with E-state index < -0.39 is 0 Å². The standard InChI is InChI=1S/C13H19N3OS/c1-9-8-18-13-15-10(2)12(16(9)13)7-14-17-11-5-3-4-6-11/h8,11,14H,3-7H2,1-2H3. The van der Waals surface area contributed by atoms with Gasteiger partial charge in [-0.25, -0.2) is 4.98 Å². The number of imidazole rings is 1. The van der Waals surface area contributed by atoms with Gasteiger partial charge in [-0.1, -0.05) is 12.8 Å². The van der Waals surface area contributed by atoms with Gasteiger partial charge in [0, 0.05) is 11.1 Å². The van der Waals surface area contributed by atoms with Crippen LogP contribution < -0.4 is 5.48 Å². The monoisotopic (exact) mass is 265 g/mol. The summed E-state index contributed by atoms with van der Waals surface area (Å²) >= 11 is 1.69. The molecule has 1 aliphatic carbocycles. The molecule has 2 heterocycles. The van der Waals surface area contributed by atoms with Crippen LogP contribution >= 0.6 is 11.3 Å². The van der Waals surface area contributed by atoms with Crippen LogP contribution in [0, 0.1) is 13.8 Å². The van der Waals surface area contributed by atoms with Gasteiger partial charge < -0.3 is 0 Å². The molecule has 1 saturated carbocycles. The zero-order chi connectivity index (χ0) is 12.5. The van der Waals surface area contributed by atoms with E-state index in [0.29, 0.717) is 6.10 Å². The topological polar surface area (TPSA) is 38.6 Å². The van der Waals surface area contributed by atoms with Gasteiger partial charge in [0.2, 0.25) is 0 Å².